The third kappa shape index (κ3) is 2.22. The topological polar surface area (TPSA) is 4.93 Å². The van der Waals surface area contributed by atoms with E-state index in [1.807, 2.05) is 29.0 Å². The zero-order valence-corrected chi connectivity index (χ0v) is 10.7. The average molecular weight is 278 g/mol. The second-order valence-corrected chi connectivity index (χ2v) is 4.80. The summed E-state index contributed by atoms with van der Waals surface area (Å²) >= 11 is 5.92. The molecule has 0 atom stereocenters. The van der Waals surface area contributed by atoms with Crippen LogP contribution in [0.15, 0.2) is 48.7 Å². The number of rotatable bonds is 2. The van der Waals surface area contributed by atoms with Crippen molar-refractivity contribution in [3.05, 3.63) is 70.9 Å². The Balaban J connectivity index is 2.04. The van der Waals surface area contributed by atoms with Crippen LogP contribution in [0.5, 0.6) is 0 Å². The first-order chi connectivity index (χ1) is 9.15. The number of hydrogen-bond donors (Lipinski definition) is 0. The molecule has 0 N–H and O–H groups in total. The molecule has 0 amide bonds. The molecule has 1 nitrogen and oxygen atoms in total. The Hall–Kier alpha value is -1.87. The molecule has 96 valence electrons. The minimum atomic E-state index is -0.822. The highest BCUT2D eigenvalue weighted by Gasteiger charge is 2.09. The van der Waals surface area contributed by atoms with Gasteiger partial charge in [0, 0.05) is 27.7 Å². The molecule has 0 saturated heterocycles. The lowest BCUT2D eigenvalue weighted by Crippen LogP contribution is -2.02. The Labute approximate surface area is 114 Å². The molecule has 3 aromatic rings. The summed E-state index contributed by atoms with van der Waals surface area (Å²) in [4.78, 5) is 0. The predicted octanol–water partition coefficient (Wildman–Crippen LogP) is 4.62. The Morgan fingerprint density at radius 1 is 1.05 bits per heavy atom. The van der Waals surface area contributed by atoms with E-state index in [1.165, 1.54) is 6.07 Å². The average Bonchev–Trinajstić information content (AvgIpc) is 2.77. The van der Waals surface area contributed by atoms with Gasteiger partial charge in [0.1, 0.15) is 0 Å². The van der Waals surface area contributed by atoms with Gasteiger partial charge in [-0.05, 0) is 30.3 Å². The molecule has 0 fully saturated rings. The van der Waals surface area contributed by atoms with Crippen LogP contribution in [0.25, 0.3) is 10.9 Å². The zero-order valence-electron chi connectivity index (χ0n) is 9.91. The molecule has 0 unspecified atom stereocenters. The number of hydrogen-bond acceptors (Lipinski definition) is 0. The Morgan fingerprint density at radius 2 is 1.89 bits per heavy atom. The maximum Gasteiger partial charge on any atom is 0.163 e. The van der Waals surface area contributed by atoms with Crippen molar-refractivity contribution in [3.63, 3.8) is 0 Å². The van der Waals surface area contributed by atoms with Crippen molar-refractivity contribution in [2.75, 3.05) is 0 Å². The first-order valence-corrected chi connectivity index (χ1v) is 6.20. The molecule has 4 heteroatoms. The molecular weight excluding hydrogens is 268 g/mol. The summed E-state index contributed by atoms with van der Waals surface area (Å²) in [5.41, 5.74) is 1.26. The minimum Gasteiger partial charge on any atom is -0.343 e. The van der Waals surface area contributed by atoms with Crippen molar-refractivity contribution in [2.24, 2.45) is 0 Å². The summed E-state index contributed by atoms with van der Waals surface area (Å²) in [6.45, 7) is 0.286. The molecule has 1 heterocycles. The van der Waals surface area contributed by atoms with Crippen LogP contribution in [0.1, 0.15) is 5.56 Å². The molecule has 2 aromatic carbocycles. The van der Waals surface area contributed by atoms with Gasteiger partial charge < -0.3 is 4.57 Å². The molecular formula is C15H10ClF2N. The molecule has 0 aliphatic rings. The van der Waals surface area contributed by atoms with Crippen molar-refractivity contribution in [1.29, 1.82) is 0 Å². The van der Waals surface area contributed by atoms with Crippen molar-refractivity contribution < 1.29 is 8.78 Å². The number of fused-ring (bicyclic) bond motifs is 1. The fourth-order valence-electron chi connectivity index (χ4n) is 2.16. The minimum absolute atomic E-state index is 0.286. The lowest BCUT2D eigenvalue weighted by Gasteiger charge is -2.07. The van der Waals surface area contributed by atoms with Gasteiger partial charge in [0.05, 0.1) is 6.54 Å². The van der Waals surface area contributed by atoms with Gasteiger partial charge in [-0.2, -0.15) is 0 Å². The fourth-order valence-corrected chi connectivity index (χ4v) is 2.34. The number of halogens is 3. The number of benzene rings is 2. The monoisotopic (exact) mass is 277 g/mol. The van der Waals surface area contributed by atoms with Crippen molar-refractivity contribution >= 4 is 22.5 Å². The highest BCUT2D eigenvalue weighted by molar-refractivity contribution is 6.31. The SMILES string of the molecule is Fc1cccc(Cn2ccc3cc(Cl)ccc32)c1F. The maximum absolute atomic E-state index is 13.6. The second kappa shape index (κ2) is 4.67. The summed E-state index contributed by atoms with van der Waals surface area (Å²) in [5, 5.41) is 1.63. The van der Waals surface area contributed by atoms with E-state index in [9.17, 15) is 8.78 Å². The van der Waals surface area contributed by atoms with E-state index in [0.29, 0.717) is 10.6 Å². The van der Waals surface area contributed by atoms with E-state index in [-0.39, 0.29) is 6.54 Å². The van der Waals surface area contributed by atoms with Gasteiger partial charge in [-0.25, -0.2) is 8.78 Å². The van der Waals surface area contributed by atoms with Crippen LogP contribution < -0.4 is 0 Å². The summed E-state index contributed by atoms with van der Waals surface area (Å²) in [7, 11) is 0. The van der Waals surface area contributed by atoms with E-state index in [1.54, 1.807) is 12.1 Å². The lowest BCUT2D eigenvalue weighted by atomic mass is 10.2. The van der Waals surface area contributed by atoms with Crippen molar-refractivity contribution in [1.82, 2.24) is 4.57 Å². The van der Waals surface area contributed by atoms with Gasteiger partial charge in [0.2, 0.25) is 0 Å². The second-order valence-electron chi connectivity index (χ2n) is 4.36. The highest BCUT2D eigenvalue weighted by Crippen LogP contribution is 2.22. The highest BCUT2D eigenvalue weighted by atomic mass is 35.5. The molecule has 0 aliphatic heterocycles. The van der Waals surface area contributed by atoms with Crippen LogP contribution in [-0.4, -0.2) is 4.57 Å². The summed E-state index contributed by atoms with van der Waals surface area (Å²) in [6.07, 6.45) is 1.84. The van der Waals surface area contributed by atoms with Crippen LogP contribution in [0.4, 0.5) is 8.78 Å². The van der Waals surface area contributed by atoms with E-state index < -0.39 is 11.6 Å². The maximum atomic E-state index is 13.6. The van der Waals surface area contributed by atoms with E-state index in [2.05, 4.69) is 0 Å². The number of aromatic nitrogens is 1. The predicted molar refractivity (Wildman–Crippen MR) is 72.4 cm³/mol. The van der Waals surface area contributed by atoms with E-state index in [0.717, 1.165) is 17.0 Å². The van der Waals surface area contributed by atoms with Crippen LogP contribution in [0.3, 0.4) is 0 Å². The smallest absolute Gasteiger partial charge is 0.163 e. The summed E-state index contributed by atoms with van der Waals surface area (Å²) < 4.78 is 28.7. The van der Waals surface area contributed by atoms with Gasteiger partial charge in [-0.3, -0.25) is 0 Å². The largest absolute Gasteiger partial charge is 0.343 e. The molecule has 1 aromatic heterocycles. The third-order valence-corrected chi connectivity index (χ3v) is 3.34. The standard InChI is InChI=1S/C15H10ClF2N/c16-12-4-5-14-10(8-12)6-7-19(14)9-11-2-1-3-13(17)15(11)18/h1-8H,9H2. The van der Waals surface area contributed by atoms with E-state index >= 15 is 0 Å². The lowest BCUT2D eigenvalue weighted by molar-refractivity contribution is 0.496. The Bertz CT molecular complexity index is 749. The van der Waals surface area contributed by atoms with Gasteiger partial charge in [-0.15, -0.1) is 0 Å². The molecule has 0 radical (unpaired) electrons. The van der Waals surface area contributed by atoms with Gasteiger partial charge in [0.15, 0.2) is 11.6 Å². The molecule has 0 aliphatic carbocycles. The quantitative estimate of drug-likeness (QED) is 0.644. The van der Waals surface area contributed by atoms with E-state index in [4.69, 9.17) is 11.6 Å². The molecule has 0 saturated carbocycles. The Kier molecular flexibility index (Phi) is 2.99. The first-order valence-electron chi connectivity index (χ1n) is 5.82. The fraction of sp³-hybridized carbons (Fsp3) is 0.0667. The van der Waals surface area contributed by atoms with Gasteiger partial charge in [0.25, 0.3) is 0 Å². The number of nitrogens with zero attached hydrogens (tertiary/aromatic N) is 1. The van der Waals surface area contributed by atoms with Gasteiger partial charge in [-0.1, -0.05) is 23.7 Å². The molecule has 0 spiro atoms. The van der Waals surface area contributed by atoms with Crippen molar-refractivity contribution in [2.45, 2.75) is 6.54 Å². The van der Waals surface area contributed by atoms with Crippen LogP contribution >= 0.6 is 11.6 Å². The Morgan fingerprint density at radius 3 is 2.74 bits per heavy atom. The van der Waals surface area contributed by atoms with Crippen LogP contribution in [-0.2, 0) is 6.54 Å². The first kappa shape index (κ1) is 12.2. The van der Waals surface area contributed by atoms with Crippen LogP contribution in [0.2, 0.25) is 5.02 Å². The zero-order chi connectivity index (χ0) is 13.4. The molecule has 3 rings (SSSR count). The summed E-state index contributed by atoms with van der Waals surface area (Å²) in [5.74, 6) is -1.62. The third-order valence-electron chi connectivity index (χ3n) is 3.11. The summed E-state index contributed by atoms with van der Waals surface area (Å²) in [6, 6.07) is 11.6. The van der Waals surface area contributed by atoms with Crippen LogP contribution in [0, 0.1) is 11.6 Å². The normalized spacial score (nSPS) is 11.1. The van der Waals surface area contributed by atoms with Gasteiger partial charge >= 0.3 is 0 Å². The van der Waals surface area contributed by atoms with Crippen molar-refractivity contribution in [3.8, 4) is 0 Å². The molecule has 0 bridgehead atoms. The molecule has 19 heavy (non-hydrogen) atoms.